The summed E-state index contributed by atoms with van der Waals surface area (Å²) in [6.07, 6.45) is 0.344. The topological polar surface area (TPSA) is 38.3 Å². The molecule has 2 aromatic rings. The van der Waals surface area contributed by atoms with E-state index < -0.39 is 0 Å². The van der Waals surface area contributed by atoms with Crippen LogP contribution in [0.4, 0.5) is 5.69 Å². The smallest absolute Gasteiger partial charge is 0.310 e. The van der Waals surface area contributed by atoms with Gasteiger partial charge in [-0.25, -0.2) is 0 Å². The first-order valence-corrected chi connectivity index (χ1v) is 7.83. The van der Waals surface area contributed by atoms with Gasteiger partial charge in [-0.1, -0.05) is 15.9 Å². The molecule has 0 saturated carbocycles. The van der Waals surface area contributed by atoms with Crippen LogP contribution in [0.15, 0.2) is 34.8 Å². The highest BCUT2D eigenvalue weighted by atomic mass is 79.9. The number of halogens is 1. The van der Waals surface area contributed by atoms with Gasteiger partial charge in [-0.15, -0.1) is 11.3 Å². The molecule has 1 N–H and O–H groups in total. The minimum atomic E-state index is -0.200. The first-order valence-electron chi connectivity index (χ1n) is 6.22. The van der Waals surface area contributed by atoms with Crippen molar-refractivity contribution in [2.45, 2.75) is 19.9 Å². The van der Waals surface area contributed by atoms with E-state index in [4.69, 9.17) is 0 Å². The van der Waals surface area contributed by atoms with Crippen LogP contribution in [0.1, 0.15) is 15.3 Å². The molecule has 0 unspecified atom stereocenters. The van der Waals surface area contributed by atoms with Crippen LogP contribution < -0.4 is 5.32 Å². The maximum absolute atomic E-state index is 11.2. The van der Waals surface area contributed by atoms with Crippen LogP contribution in [0, 0.1) is 6.92 Å². The fourth-order valence-corrected chi connectivity index (χ4v) is 3.41. The fourth-order valence-electron chi connectivity index (χ4n) is 1.85. The van der Waals surface area contributed by atoms with E-state index >= 15 is 0 Å². The molecule has 0 aliphatic rings. The molecule has 0 amide bonds. The zero-order valence-corrected chi connectivity index (χ0v) is 13.8. The third-order valence-corrected chi connectivity index (χ3v) is 4.32. The summed E-state index contributed by atoms with van der Waals surface area (Å²) in [5, 5.41) is 3.39. The van der Waals surface area contributed by atoms with Crippen LogP contribution in [0.5, 0.6) is 0 Å². The molecule has 0 radical (unpaired) electrons. The van der Waals surface area contributed by atoms with E-state index in [9.17, 15) is 4.79 Å². The average Bonchev–Trinajstić information content (AvgIpc) is 2.83. The maximum Gasteiger partial charge on any atom is 0.310 e. The van der Waals surface area contributed by atoms with Crippen LogP contribution in [-0.2, 0) is 22.5 Å². The van der Waals surface area contributed by atoms with Gasteiger partial charge in [0.1, 0.15) is 0 Å². The number of rotatable bonds is 5. The van der Waals surface area contributed by atoms with E-state index in [-0.39, 0.29) is 5.97 Å². The number of aryl methyl sites for hydroxylation is 1. The number of hydrogen-bond acceptors (Lipinski definition) is 4. The van der Waals surface area contributed by atoms with Crippen LogP contribution in [0.2, 0.25) is 0 Å². The van der Waals surface area contributed by atoms with E-state index in [0.717, 1.165) is 21.6 Å². The largest absolute Gasteiger partial charge is 0.469 e. The molecule has 106 valence electrons. The third-order valence-electron chi connectivity index (χ3n) is 2.77. The van der Waals surface area contributed by atoms with Crippen molar-refractivity contribution in [3.05, 3.63) is 50.1 Å². The number of carbonyl (C=O) groups is 1. The van der Waals surface area contributed by atoms with Crippen LogP contribution in [0.3, 0.4) is 0 Å². The predicted molar refractivity (Wildman–Crippen MR) is 86.2 cm³/mol. The molecular formula is C15H16BrNO2S. The molecule has 20 heavy (non-hydrogen) atoms. The van der Waals surface area contributed by atoms with Crippen molar-refractivity contribution in [2.24, 2.45) is 0 Å². The molecule has 1 heterocycles. The van der Waals surface area contributed by atoms with Crippen molar-refractivity contribution in [1.29, 1.82) is 0 Å². The van der Waals surface area contributed by atoms with Gasteiger partial charge in [0.2, 0.25) is 0 Å². The lowest BCUT2D eigenvalue weighted by Gasteiger charge is -2.06. The van der Waals surface area contributed by atoms with E-state index in [2.05, 4.69) is 51.1 Å². The number of hydrogen-bond donors (Lipinski definition) is 1. The van der Waals surface area contributed by atoms with Crippen LogP contribution >= 0.6 is 27.3 Å². The zero-order valence-electron chi connectivity index (χ0n) is 11.4. The molecule has 3 nitrogen and oxygen atoms in total. The Bertz CT molecular complexity index is 589. The van der Waals surface area contributed by atoms with E-state index in [1.54, 1.807) is 11.3 Å². The number of ether oxygens (including phenoxy) is 1. The van der Waals surface area contributed by atoms with E-state index in [1.807, 2.05) is 12.1 Å². The van der Waals surface area contributed by atoms with Crippen molar-refractivity contribution < 1.29 is 9.53 Å². The Hall–Kier alpha value is -1.33. The Kier molecular flexibility index (Phi) is 5.20. The summed E-state index contributed by atoms with van der Waals surface area (Å²) in [5.41, 5.74) is 2.29. The Morgan fingerprint density at radius 2 is 2.05 bits per heavy atom. The van der Waals surface area contributed by atoms with Gasteiger partial charge in [-0.3, -0.25) is 4.79 Å². The Labute approximate surface area is 131 Å². The van der Waals surface area contributed by atoms with Crippen molar-refractivity contribution in [2.75, 3.05) is 12.4 Å². The Balaban J connectivity index is 1.95. The monoisotopic (exact) mass is 353 g/mol. The van der Waals surface area contributed by atoms with Gasteiger partial charge in [-0.2, -0.15) is 0 Å². The third kappa shape index (κ3) is 4.35. The van der Waals surface area contributed by atoms with Crippen molar-refractivity contribution in [1.82, 2.24) is 0 Å². The van der Waals surface area contributed by atoms with Crippen molar-refractivity contribution in [3.8, 4) is 0 Å². The first-order chi connectivity index (χ1) is 9.56. The summed E-state index contributed by atoms with van der Waals surface area (Å²) in [4.78, 5) is 13.4. The summed E-state index contributed by atoms with van der Waals surface area (Å²) in [7, 11) is 1.41. The van der Waals surface area contributed by atoms with Gasteiger partial charge in [0, 0.05) is 26.5 Å². The van der Waals surface area contributed by atoms with Crippen molar-refractivity contribution in [3.63, 3.8) is 0 Å². The molecular weight excluding hydrogens is 338 g/mol. The van der Waals surface area contributed by atoms with Gasteiger partial charge in [0.05, 0.1) is 13.5 Å². The molecule has 0 atom stereocenters. The molecule has 0 spiro atoms. The molecule has 0 bridgehead atoms. The molecule has 0 aliphatic heterocycles. The number of anilines is 1. The lowest BCUT2D eigenvalue weighted by molar-refractivity contribution is -0.139. The number of thiophene rings is 1. The highest BCUT2D eigenvalue weighted by Gasteiger charge is 2.06. The van der Waals surface area contributed by atoms with Gasteiger partial charge < -0.3 is 10.1 Å². The van der Waals surface area contributed by atoms with Gasteiger partial charge in [0.25, 0.3) is 0 Å². The fraction of sp³-hybridized carbons (Fsp3) is 0.267. The molecule has 2 rings (SSSR count). The molecule has 0 aliphatic carbocycles. The zero-order chi connectivity index (χ0) is 14.5. The number of carbonyl (C=O) groups excluding carboxylic acids is 1. The summed E-state index contributed by atoms with van der Waals surface area (Å²) >= 11 is 5.12. The van der Waals surface area contributed by atoms with E-state index in [1.165, 1.54) is 17.6 Å². The molecule has 5 heteroatoms. The maximum atomic E-state index is 11.2. The number of nitrogens with one attached hydrogen (secondary N) is 1. The lowest BCUT2D eigenvalue weighted by atomic mass is 10.2. The molecule has 0 fully saturated rings. The molecule has 1 aromatic carbocycles. The SMILES string of the molecule is COC(=O)Cc1ccc(CNc2cc(C)cc(Br)c2)s1. The van der Waals surface area contributed by atoms with E-state index in [0.29, 0.717) is 6.42 Å². The van der Waals surface area contributed by atoms with Crippen LogP contribution in [-0.4, -0.2) is 13.1 Å². The minimum absolute atomic E-state index is 0.200. The van der Waals surface area contributed by atoms with Gasteiger partial charge in [-0.05, 0) is 42.8 Å². The highest BCUT2D eigenvalue weighted by Crippen LogP contribution is 2.22. The second-order valence-electron chi connectivity index (χ2n) is 4.49. The molecule has 1 aromatic heterocycles. The summed E-state index contributed by atoms with van der Waals surface area (Å²) in [6, 6.07) is 10.3. The second kappa shape index (κ2) is 6.90. The van der Waals surface area contributed by atoms with Crippen molar-refractivity contribution >= 4 is 38.9 Å². The summed E-state index contributed by atoms with van der Waals surface area (Å²) < 4.78 is 5.73. The quantitative estimate of drug-likeness (QED) is 0.820. The summed E-state index contributed by atoms with van der Waals surface area (Å²) in [6.45, 7) is 2.82. The number of esters is 1. The lowest BCUT2D eigenvalue weighted by Crippen LogP contribution is -2.02. The van der Waals surface area contributed by atoms with Gasteiger partial charge in [0.15, 0.2) is 0 Å². The highest BCUT2D eigenvalue weighted by molar-refractivity contribution is 9.10. The first kappa shape index (κ1) is 15.1. The summed E-state index contributed by atoms with van der Waals surface area (Å²) in [5.74, 6) is -0.200. The Morgan fingerprint density at radius 3 is 2.75 bits per heavy atom. The molecule has 0 saturated heterocycles. The minimum Gasteiger partial charge on any atom is -0.469 e. The standard InChI is InChI=1S/C15H16BrNO2S/c1-10-5-11(16)7-12(6-10)17-9-14-4-3-13(20-14)8-15(18)19-2/h3-7,17H,8-9H2,1-2H3. The number of benzene rings is 1. The Morgan fingerprint density at radius 1 is 1.30 bits per heavy atom. The second-order valence-corrected chi connectivity index (χ2v) is 6.66. The normalized spacial score (nSPS) is 10.3. The average molecular weight is 354 g/mol. The number of methoxy groups -OCH3 is 1. The van der Waals surface area contributed by atoms with Crippen LogP contribution in [0.25, 0.3) is 0 Å². The predicted octanol–water partition coefficient (Wildman–Crippen LogP) is 4.15. The van der Waals surface area contributed by atoms with Gasteiger partial charge >= 0.3 is 5.97 Å².